The zero-order chi connectivity index (χ0) is 21.6. The molecule has 7 heteroatoms. The van der Waals surface area contributed by atoms with Crippen molar-refractivity contribution in [3.63, 3.8) is 0 Å². The molecule has 31 heavy (non-hydrogen) atoms. The number of anilines is 2. The van der Waals surface area contributed by atoms with E-state index in [-0.39, 0.29) is 17.6 Å². The van der Waals surface area contributed by atoms with Gasteiger partial charge in [0.05, 0.1) is 13.4 Å². The molecular formula is C24H25N3O4. The van der Waals surface area contributed by atoms with Gasteiger partial charge in [-0.15, -0.1) is 0 Å². The third-order valence-corrected chi connectivity index (χ3v) is 5.45. The van der Waals surface area contributed by atoms with Gasteiger partial charge in [-0.2, -0.15) is 0 Å². The Morgan fingerprint density at radius 1 is 0.935 bits per heavy atom. The first kappa shape index (κ1) is 20.7. The molecule has 3 aromatic rings. The lowest BCUT2D eigenvalue weighted by Crippen LogP contribution is -2.49. The first-order valence-corrected chi connectivity index (χ1v) is 10.2. The van der Waals surface area contributed by atoms with Crippen LogP contribution in [0.4, 0.5) is 11.4 Å². The Morgan fingerprint density at radius 3 is 2.26 bits per heavy atom. The molecule has 1 fully saturated rings. The summed E-state index contributed by atoms with van der Waals surface area (Å²) >= 11 is 0. The van der Waals surface area contributed by atoms with E-state index in [2.05, 4.69) is 15.1 Å². The first-order chi connectivity index (χ1) is 15.2. The average Bonchev–Trinajstić information content (AvgIpc) is 3.36. The maximum atomic E-state index is 12.5. The van der Waals surface area contributed by atoms with E-state index in [9.17, 15) is 9.59 Å². The predicted octanol–water partition coefficient (Wildman–Crippen LogP) is 3.57. The number of benzene rings is 2. The van der Waals surface area contributed by atoms with Crippen LogP contribution in [-0.4, -0.2) is 50.1 Å². The van der Waals surface area contributed by atoms with Gasteiger partial charge in [-0.3, -0.25) is 9.69 Å². The summed E-state index contributed by atoms with van der Waals surface area (Å²) in [6.07, 6.45) is 1.47. The van der Waals surface area contributed by atoms with Crippen molar-refractivity contribution < 1.29 is 18.7 Å². The number of carbonyl (C=O) groups is 2. The first-order valence-electron chi connectivity index (χ1n) is 10.2. The number of nitrogens with zero attached hydrogens (tertiary/aromatic N) is 2. The molecule has 0 spiro atoms. The number of carbonyl (C=O) groups excluding carboxylic acids is 2. The van der Waals surface area contributed by atoms with E-state index >= 15 is 0 Å². The lowest BCUT2D eigenvalue weighted by atomic mass is 10.0. The number of amides is 1. The molecule has 0 aliphatic carbocycles. The number of hydrogen-bond acceptors (Lipinski definition) is 6. The van der Waals surface area contributed by atoms with Crippen LogP contribution < -0.4 is 10.2 Å². The number of methoxy groups -OCH3 is 1. The molecule has 0 radical (unpaired) electrons. The van der Waals surface area contributed by atoms with Gasteiger partial charge < -0.3 is 19.4 Å². The molecule has 1 N–H and O–H groups in total. The van der Waals surface area contributed by atoms with E-state index in [1.807, 2.05) is 54.6 Å². The minimum absolute atomic E-state index is 0.240. The third-order valence-electron chi connectivity index (χ3n) is 5.45. The van der Waals surface area contributed by atoms with Gasteiger partial charge in [0.2, 0.25) is 0 Å². The summed E-state index contributed by atoms with van der Waals surface area (Å²) in [4.78, 5) is 29.0. The SMILES string of the molecule is COC(=O)C(c1ccccc1)N1CCN(c2ccc(NC(=O)c3ccco3)cc2)CC1. The minimum atomic E-state index is -0.396. The van der Waals surface area contributed by atoms with Gasteiger partial charge in [-0.05, 0) is 42.0 Å². The molecule has 1 aliphatic rings. The van der Waals surface area contributed by atoms with Crippen molar-refractivity contribution in [1.82, 2.24) is 4.90 Å². The lowest BCUT2D eigenvalue weighted by Gasteiger charge is -2.39. The van der Waals surface area contributed by atoms with Crippen molar-refractivity contribution in [2.75, 3.05) is 43.5 Å². The maximum Gasteiger partial charge on any atom is 0.327 e. The lowest BCUT2D eigenvalue weighted by molar-refractivity contribution is -0.147. The van der Waals surface area contributed by atoms with E-state index in [0.29, 0.717) is 5.69 Å². The summed E-state index contributed by atoms with van der Waals surface area (Å²) in [5.74, 6) is -0.240. The van der Waals surface area contributed by atoms with Crippen molar-refractivity contribution in [1.29, 1.82) is 0 Å². The summed E-state index contributed by atoms with van der Waals surface area (Å²) in [5, 5.41) is 2.82. The van der Waals surface area contributed by atoms with Crippen LogP contribution in [0.5, 0.6) is 0 Å². The van der Waals surface area contributed by atoms with E-state index in [1.54, 1.807) is 12.1 Å². The fourth-order valence-electron chi connectivity index (χ4n) is 3.84. The Hall–Kier alpha value is -3.58. The summed E-state index contributed by atoms with van der Waals surface area (Å²) in [6, 6.07) is 20.4. The number of ether oxygens (including phenoxy) is 1. The molecule has 4 rings (SSSR count). The van der Waals surface area contributed by atoms with E-state index in [0.717, 1.165) is 37.4 Å². The number of hydrogen-bond donors (Lipinski definition) is 1. The van der Waals surface area contributed by atoms with Crippen LogP contribution in [0.2, 0.25) is 0 Å². The highest BCUT2D eigenvalue weighted by atomic mass is 16.5. The standard InChI is InChI=1S/C24H25N3O4/c1-30-24(29)22(18-6-3-2-4-7-18)27-15-13-26(14-16-27)20-11-9-19(10-12-20)25-23(28)21-8-5-17-31-21/h2-12,17,22H,13-16H2,1H3,(H,25,28). The minimum Gasteiger partial charge on any atom is -0.468 e. The summed E-state index contributed by atoms with van der Waals surface area (Å²) in [7, 11) is 1.43. The Balaban J connectivity index is 1.38. The molecule has 1 unspecified atom stereocenters. The molecule has 7 nitrogen and oxygen atoms in total. The fourth-order valence-corrected chi connectivity index (χ4v) is 3.84. The molecule has 1 atom stereocenters. The van der Waals surface area contributed by atoms with Gasteiger partial charge >= 0.3 is 5.97 Å². The van der Waals surface area contributed by atoms with E-state index in [1.165, 1.54) is 13.4 Å². The summed E-state index contributed by atoms with van der Waals surface area (Å²) in [6.45, 7) is 3.06. The molecule has 1 aromatic heterocycles. The van der Waals surface area contributed by atoms with Gasteiger partial charge in [0.1, 0.15) is 6.04 Å². The average molecular weight is 419 g/mol. The molecule has 1 amide bonds. The van der Waals surface area contributed by atoms with Crippen LogP contribution >= 0.6 is 0 Å². The number of nitrogens with one attached hydrogen (secondary N) is 1. The van der Waals surface area contributed by atoms with Crippen LogP contribution in [0, 0.1) is 0 Å². The summed E-state index contributed by atoms with van der Waals surface area (Å²) < 4.78 is 10.2. The van der Waals surface area contributed by atoms with E-state index < -0.39 is 6.04 Å². The molecular weight excluding hydrogens is 394 g/mol. The highest BCUT2D eigenvalue weighted by Gasteiger charge is 2.31. The number of rotatable bonds is 6. The topological polar surface area (TPSA) is 75.0 Å². The van der Waals surface area contributed by atoms with Crippen LogP contribution in [0.3, 0.4) is 0 Å². The quantitative estimate of drug-likeness (QED) is 0.616. The van der Waals surface area contributed by atoms with E-state index in [4.69, 9.17) is 9.15 Å². The largest absolute Gasteiger partial charge is 0.468 e. The number of furan rings is 1. The second-order valence-corrected chi connectivity index (χ2v) is 7.34. The fraction of sp³-hybridized carbons (Fsp3) is 0.250. The van der Waals surface area contributed by atoms with Gasteiger partial charge in [0.25, 0.3) is 5.91 Å². The molecule has 0 bridgehead atoms. The normalized spacial score (nSPS) is 15.3. The zero-order valence-electron chi connectivity index (χ0n) is 17.4. The Bertz CT molecular complexity index is 995. The second-order valence-electron chi connectivity index (χ2n) is 7.34. The predicted molar refractivity (Wildman–Crippen MR) is 118 cm³/mol. The second kappa shape index (κ2) is 9.49. The van der Waals surface area contributed by atoms with Crippen LogP contribution in [0.15, 0.2) is 77.4 Å². The smallest absolute Gasteiger partial charge is 0.327 e. The molecule has 1 aliphatic heterocycles. The molecule has 0 saturated carbocycles. The Labute approximate surface area is 181 Å². The van der Waals surface area contributed by atoms with Crippen molar-refractivity contribution in [2.24, 2.45) is 0 Å². The van der Waals surface area contributed by atoms with Crippen molar-refractivity contribution >= 4 is 23.3 Å². The maximum absolute atomic E-state index is 12.5. The van der Waals surface area contributed by atoms with Crippen molar-refractivity contribution in [3.8, 4) is 0 Å². The van der Waals surface area contributed by atoms with Gasteiger partial charge in [0, 0.05) is 37.6 Å². The monoisotopic (exact) mass is 419 g/mol. The van der Waals surface area contributed by atoms with Crippen LogP contribution in [0.1, 0.15) is 22.2 Å². The number of esters is 1. The van der Waals surface area contributed by atoms with Gasteiger partial charge in [-0.1, -0.05) is 30.3 Å². The molecule has 160 valence electrons. The van der Waals surface area contributed by atoms with Gasteiger partial charge in [0.15, 0.2) is 5.76 Å². The highest BCUT2D eigenvalue weighted by Crippen LogP contribution is 2.26. The van der Waals surface area contributed by atoms with Gasteiger partial charge in [-0.25, -0.2) is 4.79 Å². The van der Waals surface area contributed by atoms with Crippen molar-refractivity contribution in [2.45, 2.75) is 6.04 Å². The van der Waals surface area contributed by atoms with Crippen LogP contribution in [-0.2, 0) is 9.53 Å². The van der Waals surface area contributed by atoms with Crippen molar-refractivity contribution in [3.05, 3.63) is 84.3 Å². The number of piperazine rings is 1. The highest BCUT2D eigenvalue weighted by molar-refractivity contribution is 6.02. The Morgan fingerprint density at radius 2 is 1.65 bits per heavy atom. The summed E-state index contributed by atoms with van der Waals surface area (Å²) in [5.41, 5.74) is 2.73. The molecule has 2 heterocycles. The molecule has 1 saturated heterocycles. The molecule has 2 aromatic carbocycles. The third kappa shape index (κ3) is 4.78. The Kier molecular flexibility index (Phi) is 6.33. The van der Waals surface area contributed by atoms with Crippen LogP contribution in [0.25, 0.3) is 0 Å². The zero-order valence-corrected chi connectivity index (χ0v) is 17.4.